The van der Waals surface area contributed by atoms with E-state index in [4.69, 9.17) is 22.1 Å². The molecule has 0 aliphatic carbocycles. The third-order valence-electron chi connectivity index (χ3n) is 2.36. The average molecular weight is 264 g/mol. The predicted octanol–water partition coefficient (Wildman–Crippen LogP) is 2.91. The minimum Gasteiger partial charge on any atom is -0.484 e. The van der Waals surface area contributed by atoms with E-state index in [1.807, 2.05) is 26.0 Å². The van der Waals surface area contributed by atoms with Crippen molar-refractivity contribution < 1.29 is 4.74 Å². The van der Waals surface area contributed by atoms with Gasteiger partial charge in [0.2, 0.25) is 0 Å². The number of nitrogen functional groups attached to an aromatic ring is 1. The molecule has 4 nitrogen and oxygen atoms in total. The number of nitrogens with zero attached hydrogens (tertiary/aromatic N) is 2. The van der Waals surface area contributed by atoms with Crippen LogP contribution in [0.15, 0.2) is 24.3 Å². The molecule has 0 saturated carbocycles. The first-order chi connectivity index (χ1) is 8.54. The van der Waals surface area contributed by atoms with Crippen LogP contribution in [0.4, 0.5) is 5.82 Å². The van der Waals surface area contributed by atoms with Gasteiger partial charge in [0.1, 0.15) is 18.2 Å². The summed E-state index contributed by atoms with van der Waals surface area (Å²) in [6.45, 7) is 4.08. The number of hydrogen-bond acceptors (Lipinski definition) is 4. The van der Waals surface area contributed by atoms with Gasteiger partial charge in [-0.2, -0.15) is 0 Å². The van der Waals surface area contributed by atoms with Gasteiger partial charge in [-0.25, -0.2) is 9.97 Å². The van der Waals surface area contributed by atoms with Crippen molar-refractivity contribution in [3.63, 3.8) is 0 Å². The highest BCUT2D eigenvalue weighted by atomic mass is 35.5. The number of benzene rings is 1. The fraction of sp³-hybridized carbons (Fsp3) is 0.231. The predicted molar refractivity (Wildman–Crippen MR) is 71.7 cm³/mol. The van der Waals surface area contributed by atoms with Crippen LogP contribution in [0.2, 0.25) is 5.02 Å². The normalized spacial score (nSPS) is 10.4. The second kappa shape index (κ2) is 5.23. The summed E-state index contributed by atoms with van der Waals surface area (Å²) in [6.07, 6.45) is 0. The van der Waals surface area contributed by atoms with Crippen LogP contribution in [0.3, 0.4) is 0 Å². The van der Waals surface area contributed by atoms with Crippen molar-refractivity contribution >= 4 is 17.4 Å². The van der Waals surface area contributed by atoms with Crippen LogP contribution in [0.25, 0.3) is 0 Å². The van der Waals surface area contributed by atoms with Gasteiger partial charge in [-0.3, -0.25) is 0 Å². The number of halogens is 1. The lowest BCUT2D eigenvalue weighted by Gasteiger charge is -2.08. The van der Waals surface area contributed by atoms with Gasteiger partial charge in [-0.05, 0) is 31.5 Å². The third kappa shape index (κ3) is 3.11. The molecule has 0 spiro atoms. The third-order valence-corrected chi connectivity index (χ3v) is 2.68. The summed E-state index contributed by atoms with van der Waals surface area (Å²) in [5, 5.41) is 0.571. The number of anilines is 1. The molecule has 2 rings (SSSR count). The maximum Gasteiger partial charge on any atom is 0.168 e. The highest BCUT2D eigenvalue weighted by Crippen LogP contribution is 2.25. The Labute approximate surface area is 111 Å². The number of aromatic nitrogens is 2. The summed E-state index contributed by atoms with van der Waals surface area (Å²) < 4.78 is 5.60. The maximum absolute atomic E-state index is 6.03. The molecule has 0 atom stereocenters. The first-order valence-electron chi connectivity index (χ1n) is 5.53. The van der Waals surface area contributed by atoms with Crippen LogP contribution in [-0.2, 0) is 6.61 Å². The minimum absolute atomic E-state index is 0.245. The van der Waals surface area contributed by atoms with E-state index >= 15 is 0 Å². The lowest BCUT2D eigenvalue weighted by Crippen LogP contribution is -2.05. The van der Waals surface area contributed by atoms with Crippen LogP contribution >= 0.6 is 11.6 Å². The molecule has 1 heterocycles. The van der Waals surface area contributed by atoms with Crippen molar-refractivity contribution in [3.8, 4) is 5.75 Å². The molecule has 18 heavy (non-hydrogen) atoms. The maximum atomic E-state index is 6.03. The van der Waals surface area contributed by atoms with Crippen LogP contribution < -0.4 is 10.5 Å². The topological polar surface area (TPSA) is 61.0 Å². The van der Waals surface area contributed by atoms with Crippen molar-refractivity contribution in [2.24, 2.45) is 0 Å². The highest BCUT2D eigenvalue weighted by Gasteiger charge is 2.05. The number of rotatable bonds is 3. The van der Waals surface area contributed by atoms with E-state index in [2.05, 4.69) is 9.97 Å². The van der Waals surface area contributed by atoms with E-state index in [1.165, 1.54) is 0 Å². The van der Waals surface area contributed by atoms with E-state index in [0.29, 0.717) is 22.4 Å². The Morgan fingerprint density at radius 2 is 2.00 bits per heavy atom. The molecule has 0 bridgehead atoms. The largest absolute Gasteiger partial charge is 0.484 e. The molecule has 5 heteroatoms. The average Bonchev–Trinajstić information content (AvgIpc) is 2.29. The molecule has 0 unspecified atom stereocenters. The molecule has 1 aromatic carbocycles. The number of ether oxygens (including phenoxy) is 1. The van der Waals surface area contributed by atoms with Gasteiger partial charge in [0, 0.05) is 11.8 Å². The first-order valence-corrected chi connectivity index (χ1v) is 5.91. The summed E-state index contributed by atoms with van der Waals surface area (Å²) in [4.78, 5) is 8.34. The molecule has 94 valence electrons. The fourth-order valence-electron chi connectivity index (χ4n) is 1.58. The second-order valence-electron chi connectivity index (χ2n) is 4.07. The molecule has 0 aliphatic rings. The summed E-state index contributed by atoms with van der Waals surface area (Å²) in [5.41, 5.74) is 7.55. The van der Waals surface area contributed by atoms with Gasteiger partial charge in [-0.1, -0.05) is 17.7 Å². The molecule has 0 amide bonds. The zero-order valence-corrected chi connectivity index (χ0v) is 11.0. The molecular formula is C13H14ClN3O. The summed E-state index contributed by atoms with van der Waals surface area (Å²) >= 11 is 6.03. The fourth-order valence-corrected chi connectivity index (χ4v) is 1.76. The Kier molecular flexibility index (Phi) is 3.67. The Balaban J connectivity index is 2.13. The van der Waals surface area contributed by atoms with E-state index in [1.54, 1.807) is 12.1 Å². The molecule has 0 saturated heterocycles. The Hall–Kier alpha value is -1.81. The minimum atomic E-state index is 0.245. The van der Waals surface area contributed by atoms with Gasteiger partial charge in [-0.15, -0.1) is 0 Å². The van der Waals surface area contributed by atoms with Gasteiger partial charge < -0.3 is 10.5 Å². The molecule has 0 fully saturated rings. The standard InChI is InChI=1S/C13H14ClN3O/c1-8-3-4-10(14)11(5-8)18-7-13-16-9(2)6-12(15)17-13/h3-6H,7H2,1-2H3,(H2,15,16,17). The lowest BCUT2D eigenvalue weighted by atomic mass is 10.2. The first kappa shape index (κ1) is 12.6. The van der Waals surface area contributed by atoms with Gasteiger partial charge in [0.25, 0.3) is 0 Å². The Bertz CT molecular complexity index is 552. The molecule has 0 radical (unpaired) electrons. The van der Waals surface area contributed by atoms with Crippen molar-refractivity contribution in [1.82, 2.24) is 9.97 Å². The zero-order valence-electron chi connectivity index (χ0n) is 10.3. The zero-order chi connectivity index (χ0) is 13.1. The number of hydrogen-bond donors (Lipinski definition) is 1. The van der Waals surface area contributed by atoms with Crippen LogP contribution in [0.5, 0.6) is 5.75 Å². The summed E-state index contributed by atoms with van der Waals surface area (Å²) in [5.74, 6) is 1.61. The molecule has 0 aliphatic heterocycles. The molecule has 2 aromatic rings. The van der Waals surface area contributed by atoms with Crippen LogP contribution in [0.1, 0.15) is 17.1 Å². The highest BCUT2D eigenvalue weighted by molar-refractivity contribution is 6.32. The second-order valence-corrected chi connectivity index (χ2v) is 4.48. The van der Waals surface area contributed by atoms with Crippen molar-refractivity contribution in [1.29, 1.82) is 0 Å². The van der Waals surface area contributed by atoms with Gasteiger partial charge in [0.05, 0.1) is 5.02 Å². The van der Waals surface area contributed by atoms with Crippen molar-refractivity contribution in [2.75, 3.05) is 5.73 Å². The smallest absolute Gasteiger partial charge is 0.168 e. The van der Waals surface area contributed by atoms with E-state index < -0.39 is 0 Å². The summed E-state index contributed by atoms with van der Waals surface area (Å²) in [6, 6.07) is 7.32. The van der Waals surface area contributed by atoms with Crippen LogP contribution in [0, 0.1) is 13.8 Å². The molecular weight excluding hydrogens is 250 g/mol. The van der Waals surface area contributed by atoms with E-state index in [-0.39, 0.29) is 6.61 Å². The SMILES string of the molecule is Cc1ccc(Cl)c(OCc2nc(C)cc(N)n2)c1. The van der Waals surface area contributed by atoms with Crippen molar-refractivity contribution in [3.05, 3.63) is 46.4 Å². The quantitative estimate of drug-likeness (QED) is 0.925. The van der Waals surface area contributed by atoms with Crippen molar-refractivity contribution in [2.45, 2.75) is 20.5 Å². The molecule has 1 aromatic heterocycles. The van der Waals surface area contributed by atoms with Gasteiger partial charge in [0.15, 0.2) is 5.82 Å². The Morgan fingerprint density at radius 3 is 2.72 bits per heavy atom. The monoisotopic (exact) mass is 263 g/mol. The van der Waals surface area contributed by atoms with E-state index in [9.17, 15) is 0 Å². The van der Waals surface area contributed by atoms with E-state index in [0.717, 1.165) is 11.3 Å². The molecule has 2 N–H and O–H groups in total. The van der Waals surface area contributed by atoms with Gasteiger partial charge >= 0.3 is 0 Å². The Morgan fingerprint density at radius 1 is 1.22 bits per heavy atom. The number of nitrogens with two attached hydrogens (primary N) is 1. The number of aryl methyl sites for hydroxylation is 2. The summed E-state index contributed by atoms with van der Waals surface area (Å²) in [7, 11) is 0. The lowest BCUT2D eigenvalue weighted by molar-refractivity contribution is 0.295. The van der Waals surface area contributed by atoms with Crippen LogP contribution in [-0.4, -0.2) is 9.97 Å².